The van der Waals surface area contributed by atoms with Gasteiger partial charge in [-0.1, -0.05) is 53.6 Å². The number of anilines is 3. The molecule has 4 aromatic rings. The van der Waals surface area contributed by atoms with Crippen molar-refractivity contribution in [1.29, 1.82) is 0 Å². The number of hydrogen-bond acceptors (Lipinski definition) is 1. The summed E-state index contributed by atoms with van der Waals surface area (Å²) in [6.45, 7) is 4.23. The van der Waals surface area contributed by atoms with Crippen LogP contribution >= 0.6 is 11.6 Å². The molecular formula is C25H22ClN. The molecule has 0 saturated heterocycles. The fourth-order valence-electron chi connectivity index (χ4n) is 3.34. The van der Waals surface area contributed by atoms with Gasteiger partial charge in [0, 0.05) is 22.9 Å². The van der Waals surface area contributed by atoms with E-state index in [4.69, 9.17) is 11.6 Å². The lowest BCUT2D eigenvalue weighted by molar-refractivity contribution is 1.27. The second kappa shape index (κ2) is 7.46. The third-order valence-electron chi connectivity index (χ3n) is 4.89. The molecule has 27 heavy (non-hydrogen) atoms. The largest absolute Gasteiger partial charge is 0.310 e. The van der Waals surface area contributed by atoms with Crippen molar-refractivity contribution in [1.82, 2.24) is 0 Å². The topological polar surface area (TPSA) is 3.24 Å². The maximum atomic E-state index is 6.04. The molecule has 1 nitrogen and oxygen atoms in total. The number of alkyl halides is 1. The summed E-state index contributed by atoms with van der Waals surface area (Å²) in [7, 11) is 0. The number of hydrogen-bond donors (Lipinski definition) is 0. The minimum Gasteiger partial charge on any atom is -0.310 e. The van der Waals surface area contributed by atoms with Gasteiger partial charge in [0.15, 0.2) is 0 Å². The fourth-order valence-corrected chi connectivity index (χ4v) is 3.51. The van der Waals surface area contributed by atoms with Gasteiger partial charge >= 0.3 is 0 Å². The molecule has 0 N–H and O–H groups in total. The number of fused-ring (bicyclic) bond motifs is 1. The molecular weight excluding hydrogens is 350 g/mol. The molecule has 0 atom stereocenters. The monoisotopic (exact) mass is 371 g/mol. The van der Waals surface area contributed by atoms with Gasteiger partial charge in [0.05, 0.1) is 0 Å². The second-order valence-corrected chi connectivity index (χ2v) is 7.27. The standard InChI is InChI=1S/C25H22ClN/c1-18-3-10-23(11-4-18)27(24-12-5-19(2)6-13-24)25-14-9-21-8-7-20(17-26)15-22(21)16-25/h3-16H,17H2,1-2H3. The third kappa shape index (κ3) is 3.70. The zero-order valence-electron chi connectivity index (χ0n) is 15.6. The Morgan fingerprint density at radius 3 is 1.67 bits per heavy atom. The quantitative estimate of drug-likeness (QED) is 0.333. The number of benzene rings is 4. The van der Waals surface area contributed by atoms with Crippen molar-refractivity contribution in [2.45, 2.75) is 19.7 Å². The lowest BCUT2D eigenvalue weighted by Crippen LogP contribution is -2.09. The highest BCUT2D eigenvalue weighted by Gasteiger charge is 2.13. The molecule has 0 aliphatic heterocycles. The van der Waals surface area contributed by atoms with Crippen LogP contribution in [0.5, 0.6) is 0 Å². The first-order valence-corrected chi connectivity index (χ1v) is 9.69. The van der Waals surface area contributed by atoms with Crippen molar-refractivity contribution in [3.05, 3.63) is 102 Å². The molecule has 0 aliphatic carbocycles. The first kappa shape index (κ1) is 17.6. The van der Waals surface area contributed by atoms with E-state index in [0.29, 0.717) is 5.88 Å². The second-order valence-electron chi connectivity index (χ2n) is 7.01. The Bertz CT molecular complexity index is 1020. The summed E-state index contributed by atoms with van der Waals surface area (Å²) >= 11 is 6.04. The molecule has 0 fully saturated rings. The normalized spacial score (nSPS) is 10.9. The van der Waals surface area contributed by atoms with Crippen LogP contribution in [0.25, 0.3) is 10.8 Å². The SMILES string of the molecule is Cc1ccc(N(c2ccc(C)cc2)c2ccc3ccc(CCl)cc3c2)cc1. The van der Waals surface area contributed by atoms with Crippen LogP contribution in [0.2, 0.25) is 0 Å². The molecule has 0 saturated carbocycles. The summed E-state index contributed by atoms with van der Waals surface area (Å²) in [5.41, 5.74) is 7.09. The molecule has 0 bridgehead atoms. The van der Waals surface area contributed by atoms with E-state index < -0.39 is 0 Å². The van der Waals surface area contributed by atoms with Crippen LogP contribution in [-0.2, 0) is 5.88 Å². The summed E-state index contributed by atoms with van der Waals surface area (Å²) in [5.74, 6) is 0.528. The summed E-state index contributed by atoms with van der Waals surface area (Å²) in [4.78, 5) is 2.30. The van der Waals surface area contributed by atoms with Crippen molar-refractivity contribution in [3.63, 3.8) is 0 Å². The van der Waals surface area contributed by atoms with Crippen LogP contribution in [-0.4, -0.2) is 0 Å². The Morgan fingerprint density at radius 2 is 1.11 bits per heavy atom. The highest BCUT2D eigenvalue weighted by Crippen LogP contribution is 2.36. The first-order chi connectivity index (χ1) is 13.1. The zero-order valence-corrected chi connectivity index (χ0v) is 16.4. The van der Waals surface area contributed by atoms with Crippen molar-refractivity contribution in [2.24, 2.45) is 0 Å². The summed E-state index contributed by atoms with van der Waals surface area (Å²) in [5, 5.41) is 2.43. The van der Waals surface area contributed by atoms with Crippen LogP contribution in [0.3, 0.4) is 0 Å². The van der Waals surface area contributed by atoms with Gasteiger partial charge < -0.3 is 4.90 Å². The Kier molecular flexibility index (Phi) is 4.87. The van der Waals surface area contributed by atoms with Crippen LogP contribution < -0.4 is 4.90 Å². The molecule has 134 valence electrons. The molecule has 0 aromatic heterocycles. The van der Waals surface area contributed by atoms with Gasteiger partial charge in [0.25, 0.3) is 0 Å². The van der Waals surface area contributed by atoms with Gasteiger partial charge in [-0.15, -0.1) is 11.6 Å². The molecule has 0 spiro atoms. The average Bonchev–Trinajstić information content (AvgIpc) is 2.70. The van der Waals surface area contributed by atoms with Gasteiger partial charge in [0.1, 0.15) is 0 Å². The molecule has 0 amide bonds. The zero-order chi connectivity index (χ0) is 18.8. The predicted octanol–water partition coefficient (Wildman–Crippen LogP) is 7.67. The van der Waals surface area contributed by atoms with Gasteiger partial charge in [-0.3, -0.25) is 0 Å². The maximum Gasteiger partial charge on any atom is 0.0474 e. The Labute approximate surface area is 165 Å². The first-order valence-electron chi connectivity index (χ1n) is 9.16. The number of nitrogens with zero attached hydrogens (tertiary/aromatic N) is 1. The minimum absolute atomic E-state index is 0.528. The van der Waals surface area contributed by atoms with Crippen molar-refractivity contribution < 1.29 is 0 Å². The van der Waals surface area contributed by atoms with Gasteiger partial charge in [-0.05, 0) is 72.6 Å². The molecule has 0 radical (unpaired) electrons. The Morgan fingerprint density at radius 1 is 0.593 bits per heavy atom. The Balaban J connectivity index is 1.88. The number of rotatable bonds is 4. The van der Waals surface area contributed by atoms with E-state index in [9.17, 15) is 0 Å². The molecule has 4 aromatic carbocycles. The average molecular weight is 372 g/mol. The van der Waals surface area contributed by atoms with E-state index in [2.05, 4.69) is 104 Å². The van der Waals surface area contributed by atoms with Crippen LogP contribution in [0.1, 0.15) is 16.7 Å². The summed E-state index contributed by atoms with van der Waals surface area (Å²) < 4.78 is 0. The molecule has 0 heterocycles. The predicted molar refractivity (Wildman–Crippen MR) is 118 cm³/mol. The van der Waals surface area contributed by atoms with Crippen molar-refractivity contribution in [2.75, 3.05) is 4.90 Å². The fraction of sp³-hybridized carbons (Fsp3) is 0.120. The number of aryl methyl sites for hydroxylation is 2. The molecule has 4 rings (SSSR count). The van der Waals surface area contributed by atoms with Crippen molar-refractivity contribution >= 4 is 39.4 Å². The lowest BCUT2D eigenvalue weighted by atomic mass is 10.1. The molecule has 0 aliphatic rings. The lowest BCUT2D eigenvalue weighted by Gasteiger charge is -2.26. The smallest absolute Gasteiger partial charge is 0.0474 e. The maximum absolute atomic E-state index is 6.04. The van der Waals surface area contributed by atoms with E-state index in [1.54, 1.807) is 0 Å². The third-order valence-corrected chi connectivity index (χ3v) is 5.19. The highest BCUT2D eigenvalue weighted by molar-refractivity contribution is 6.17. The summed E-state index contributed by atoms with van der Waals surface area (Å²) in [6.07, 6.45) is 0. The Hall–Kier alpha value is -2.77. The van der Waals surface area contributed by atoms with Gasteiger partial charge in [-0.2, -0.15) is 0 Å². The van der Waals surface area contributed by atoms with E-state index >= 15 is 0 Å². The van der Waals surface area contributed by atoms with Crippen molar-refractivity contribution in [3.8, 4) is 0 Å². The molecule has 2 heteroatoms. The highest BCUT2D eigenvalue weighted by atomic mass is 35.5. The van der Waals surface area contributed by atoms with Gasteiger partial charge in [0.2, 0.25) is 0 Å². The molecule has 0 unspecified atom stereocenters. The van der Waals surface area contributed by atoms with Gasteiger partial charge in [-0.25, -0.2) is 0 Å². The summed E-state index contributed by atoms with van der Waals surface area (Å²) in [6, 6.07) is 30.3. The van der Waals surface area contributed by atoms with Crippen LogP contribution in [0.4, 0.5) is 17.1 Å². The van der Waals surface area contributed by atoms with E-state index in [1.165, 1.54) is 21.9 Å². The van der Waals surface area contributed by atoms with Crippen LogP contribution in [0.15, 0.2) is 84.9 Å². The van der Waals surface area contributed by atoms with E-state index in [0.717, 1.165) is 22.6 Å². The van der Waals surface area contributed by atoms with E-state index in [-0.39, 0.29) is 0 Å². The minimum atomic E-state index is 0.528. The van der Waals surface area contributed by atoms with Crippen LogP contribution in [0, 0.1) is 13.8 Å². The van der Waals surface area contributed by atoms with E-state index in [1.807, 2.05) is 0 Å². The number of halogens is 1.